The molecule has 0 radical (unpaired) electrons. The molecule has 16 heavy (non-hydrogen) atoms. The maximum Gasteiger partial charge on any atom is 0.374 e. The molecule has 0 aliphatic rings. The largest absolute Gasteiger partial charge is 0.473 e. The van der Waals surface area contributed by atoms with E-state index >= 15 is 0 Å². The summed E-state index contributed by atoms with van der Waals surface area (Å²) in [5.74, 6) is 10.2. The minimum absolute atomic E-state index is 0.0887. The molecule has 0 amide bonds. The first-order valence-corrected chi connectivity index (χ1v) is 4.97. The Morgan fingerprint density at radius 2 is 2.00 bits per heavy atom. The van der Waals surface area contributed by atoms with E-state index in [1.807, 2.05) is 0 Å². The Morgan fingerprint density at radius 3 is 2.50 bits per heavy atom. The van der Waals surface area contributed by atoms with Crippen LogP contribution in [0.15, 0.2) is 11.8 Å². The fraction of sp³-hybridized carbons (Fsp3) is 0.462. The number of hydrogen-bond donors (Lipinski definition) is 0. The van der Waals surface area contributed by atoms with Gasteiger partial charge in [-0.15, -0.1) is 11.8 Å². The number of rotatable bonds is 4. The van der Waals surface area contributed by atoms with Crippen LogP contribution in [0.25, 0.3) is 0 Å². The van der Waals surface area contributed by atoms with Crippen molar-refractivity contribution in [3.8, 4) is 23.7 Å². The van der Waals surface area contributed by atoms with Gasteiger partial charge in [0.05, 0.1) is 6.10 Å². The number of allylic oxidation sites excluding steroid dienone is 1. The molecule has 0 unspecified atom stereocenters. The van der Waals surface area contributed by atoms with Crippen LogP contribution in [0.4, 0.5) is 0 Å². The van der Waals surface area contributed by atoms with Gasteiger partial charge in [-0.05, 0) is 27.7 Å². The van der Waals surface area contributed by atoms with Crippen molar-refractivity contribution >= 4 is 5.97 Å². The molecule has 0 aromatic heterocycles. The summed E-state index contributed by atoms with van der Waals surface area (Å²) in [6.45, 7) is 7.07. The molecule has 0 fully saturated rings. The first kappa shape index (κ1) is 14.1. The van der Waals surface area contributed by atoms with E-state index in [9.17, 15) is 4.79 Å². The Kier molecular flexibility index (Phi) is 7.45. The highest BCUT2D eigenvalue weighted by Gasteiger charge is 2.13. The van der Waals surface area contributed by atoms with Gasteiger partial charge >= 0.3 is 5.97 Å². The summed E-state index contributed by atoms with van der Waals surface area (Å²) in [7, 11) is 0. The quantitative estimate of drug-likeness (QED) is 0.314. The van der Waals surface area contributed by atoms with E-state index in [2.05, 4.69) is 23.7 Å². The average molecular weight is 220 g/mol. The Morgan fingerprint density at radius 1 is 1.31 bits per heavy atom. The van der Waals surface area contributed by atoms with Crippen molar-refractivity contribution in [2.24, 2.45) is 0 Å². The minimum atomic E-state index is -0.518. The van der Waals surface area contributed by atoms with Crippen LogP contribution < -0.4 is 0 Å². The molecule has 3 nitrogen and oxygen atoms in total. The third kappa shape index (κ3) is 6.56. The zero-order valence-corrected chi connectivity index (χ0v) is 10.1. The molecule has 0 atom stereocenters. The smallest absolute Gasteiger partial charge is 0.374 e. The second kappa shape index (κ2) is 8.44. The van der Waals surface area contributed by atoms with Crippen molar-refractivity contribution in [1.82, 2.24) is 0 Å². The van der Waals surface area contributed by atoms with Gasteiger partial charge in [0.15, 0.2) is 0 Å². The predicted molar refractivity (Wildman–Crippen MR) is 62.2 cm³/mol. The zero-order valence-electron chi connectivity index (χ0n) is 10.1. The Bertz CT molecular complexity index is 369. The number of esters is 1. The molecule has 3 heteroatoms. The molecule has 86 valence electrons. The van der Waals surface area contributed by atoms with E-state index in [1.165, 1.54) is 6.08 Å². The lowest BCUT2D eigenvalue weighted by molar-refractivity contribution is -0.146. The summed E-state index contributed by atoms with van der Waals surface area (Å²) >= 11 is 0. The van der Waals surface area contributed by atoms with Crippen LogP contribution in [-0.2, 0) is 14.3 Å². The highest BCUT2D eigenvalue weighted by molar-refractivity contribution is 5.87. The van der Waals surface area contributed by atoms with Crippen molar-refractivity contribution in [3.63, 3.8) is 0 Å². The molecule has 0 rings (SSSR count). The fourth-order valence-corrected chi connectivity index (χ4v) is 0.755. The van der Waals surface area contributed by atoms with Gasteiger partial charge in [-0.2, -0.15) is 0 Å². The monoisotopic (exact) mass is 220 g/mol. The van der Waals surface area contributed by atoms with Crippen molar-refractivity contribution in [2.75, 3.05) is 6.61 Å². The van der Waals surface area contributed by atoms with Crippen molar-refractivity contribution < 1.29 is 14.3 Å². The molecule has 0 aromatic rings. The van der Waals surface area contributed by atoms with Gasteiger partial charge in [0.2, 0.25) is 5.76 Å². The molecular weight excluding hydrogens is 204 g/mol. The third-order valence-corrected chi connectivity index (χ3v) is 1.37. The lowest BCUT2D eigenvalue weighted by atomic mass is 10.4. The van der Waals surface area contributed by atoms with Crippen LogP contribution in [0.2, 0.25) is 0 Å². The summed E-state index contributed by atoms with van der Waals surface area (Å²) < 4.78 is 10.1. The second-order valence-corrected chi connectivity index (χ2v) is 3.07. The molecule has 0 N–H and O–H groups in total. The highest BCUT2D eigenvalue weighted by atomic mass is 16.6. The van der Waals surface area contributed by atoms with E-state index in [0.717, 1.165) is 0 Å². The molecular formula is C13H16O3. The molecule has 0 aromatic carbocycles. The number of carbonyl (C=O) groups is 1. The van der Waals surface area contributed by atoms with Crippen LogP contribution in [-0.4, -0.2) is 18.7 Å². The Balaban J connectivity index is 4.56. The maximum absolute atomic E-state index is 11.5. The topological polar surface area (TPSA) is 35.5 Å². The molecule has 0 saturated heterocycles. The summed E-state index contributed by atoms with van der Waals surface area (Å²) in [6, 6.07) is 0. The number of ether oxygens (including phenoxy) is 2. The van der Waals surface area contributed by atoms with Gasteiger partial charge in [0.25, 0.3) is 0 Å². The summed E-state index contributed by atoms with van der Waals surface area (Å²) in [5.41, 5.74) is 0. The van der Waals surface area contributed by atoms with Crippen LogP contribution in [0.3, 0.4) is 0 Å². The van der Waals surface area contributed by atoms with Crippen LogP contribution in [0, 0.1) is 23.7 Å². The van der Waals surface area contributed by atoms with Gasteiger partial charge < -0.3 is 9.47 Å². The second-order valence-electron chi connectivity index (χ2n) is 3.07. The highest BCUT2D eigenvalue weighted by Crippen LogP contribution is 2.02. The van der Waals surface area contributed by atoms with Crippen LogP contribution in [0.5, 0.6) is 0 Å². The summed E-state index contributed by atoms with van der Waals surface area (Å²) in [6.07, 6.45) is 1.20. The Hall–Kier alpha value is -1.87. The summed E-state index contributed by atoms with van der Waals surface area (Å²) in [5, 5.41) is 0. The number of carbonyl (C=O) groups excluding carboxylic acids is 1. The first-order chi connectivity index (χ1) is 7.61. The van der Waals surface area contributed by atoms with Gasteiger partial charge in [-0.3, -0.25) is 0 Å². The van der Waals surface area contributed by atoms with Gasteiger partial charge in [-0.1, -0.05) is 11.8 Å². The molecule has 0 saturated carbocycles. The van der Waals surface area contributed by atoms with Crippen LogP contribution in [0.1, 0.15) is 27.7 Å². The lowest BCUT2D eigenvalue weighted by Gasteiger charge is -2.09. The predicted octanol–water partition coefficient (Wildman–Crippen LogP) is 1.89. The van der Waals surface area contributed by atoms with E-state index in [4.69, 9.17) is 9.47 Å². The molecule has 0 heterocycles. The van der Waals surface area contributed by atoms with E-state index in [0.29, 0.717) is 0 Å². The van der Waals surface area contributed by atoms with Crippen LogP contribution >= 0.6 is 0 Å². The normalized spacial score (nSPS) is 9.69. The van der Waals surface area contributed by atoms with Gasteiger partial charge in [-0.25, -0.2) is 4.79 Å². The number of hydrogen-bond acceptors (Lipinski definition) is 3. The SMILES string of the molecule is CC#C/C=C(/OCC#CC)C(=O)OC(C)C. The van der Waals surface area contributed by atoms with Crippen molar-refractivity contribution in [1.29, 1.82) is 0 Å². The fourth-order valence-electron chi connectivity index (χ4n) is 0.755. The molecule has 0 aliphatic carbocycles. The lowest BCUT2D eigenvalue weighted by Crippen LogP contribution is -2.15. The Labute approximate surface area is 96.8 Å². The van der Waals surface area contributed by atoms with Gasteiger partial charge in [0, 0.05) is 6.08 Å². The first-order valence-electron chi connectivity index (χ1n) is 4.97. The van der Waals surface area contributed by atoms with Crippen molar-refractivity contribution in [3.05, 3.63) is 11.8 Å². The zero-order chi connectivity index (χ0) is 12.4. The van der Waals surface area contributed by atoms with E-state index in [1.54, 1.807) is 27.7 Å². The molecule has 0 spiro atoms. The standard InChI is InChI=1S/C13H16O3/c1-5-7-9-12(15-10-8-6-2)13(14)16-11(3)4/h9,11H,10H2,1-4H3/b12-9+. The molecule has 0 bridgehead atoms. The third-order valence-electron chi connectivity index (χ3n) is 1.37. The van der Waals surface area contributed by atoms with E-state index < -0.39 is 5.97 Å². The maximum atomic E-state index is 11.5. The van der Waals surface area contributed by atoms with Crippen molar-refractivity contribution in [2.45, 2.75) is 33.8 Å². The van der Waals surface area contributed by atoms with E-state index in [-0.39, 0.29) is 18.5 Å². The van der Waals surface area contributed by atoms with Gasteiger partial charge in [0.1, 0.15) is 6.61 Å². The summed E-state index contributed by atoms with van der Waals surface area (Å²) in [4.78, 5) is 11.5. The average Bonchev–Trinajstić information content (AvgIpc) is 2.22. The molecule has 0 aliphatic heterocycles. The minimum Gasteiger partial charge on any atom is -0.473 e.